The quantitative estimate of drug-likeness (QED) is 0.598. The van der Waals surface area contributed by atoms with Crippen LogP contribution in [0, 0.1) is 11.3 Å². The number of nitrogens with zero attached hydrogens (tertiary/aromatic N) is 1. The van der Waals surface area contributed by atoms with Gasteiger partial charge in [0.15, 0.2) is 0 Å². The summed E-state index contributed by atoms with van der Waals surface area (Å²) in [5.74, 6) is -0.489. The summed E-state index contributed by atoms with van der Waals surface area (Å²) in [5, 5.41) is 9.21. The topological polar surface area (TPSA) is 50.1 Å². The van der Waals surface area contributed by atoms with Crippen LogP contribution in [0.5, 0.6) is 0 Å². The summed E-state index contributed by atoms with van der Waals surface area (Å²) < 4.78 is 4.58. The fraction of sp³-hybridized carbons (Fsp3) is 0.167. The van der Waals surface area contributed by atoms with Gasteiger partial charge in [0, 0.05) is 5.02 Å². The lowest BCUT2D eigenvalue weighted by Crippen LogP contribution is -2.03. The van der Waals surface area contributed by atoms with Crippen LogP contribution < -0.4 is 0 Å². The van der Waals surface area contributed by atoms with E-state index in [0.717, 1.165) is 5.56 Å². The van der Waals surface area contributed by atoms with Crippen LogP contribution in [0.1, 0.15) is 12.0 Å². The molecule has 0 aliphatic rings. The standard InChI is InChI=1S/C12H10ClNO2/c1-16-12(15)10(6-7-14)8-9-2-4-11(13)5-3-9/h2-5,8H,6H2,1H3. The van der Waals surface area contributed by atoms with Crippen LogP contribution in [-0.4, -0.2) is 13.1 Å². The highest BCUT2D eigenvalue weighted by molar-refractivity contribution is 6.30. The van der Waals surface area contributed by atoms with Crippen LogP contribution in [-0.2, 0) is 9.53 Å². The van der Waals surface area contributed by atoms with E-state index in [9.17, 15) is 4.79 Å². The summed E-state index contributed by atoms with van der Waals surface area (Å²) in [6.07, 6.45) is 1.64. The van der Waals surface area contributed by atoms with Crippen LogP contribution in [0.25, 0.3) is 6.08 Å². The second kappa shape index (κ2) is 5.94. The molecule has 0 saturated heterocycles. The summed E-state index contributed by atoms with van der Waals surface area (Å²) in [6, 6.07) is 8.89. The molecule has 82 valence electrons. The maximum atomic E-state index is 11.3. The van der Waals surface area contributed by atoms with E-state index in [0.29, 0.717) is 10.6 Å². The molecule has 0 bridgehead atoms. The van der Waals surface area contributed by atoms with E-state index in [1.54, 1.807) is 30.3 Å². The van der Waals surface area contributed by atoms with Gasteiger partial charge in [-0.2, -0.15) is 5.26 Å². The Hall–Kier alpha value is -1.79. The minimum absolute atomic E-state index is 0.0231. The second-order valence-electron chi connectivity index (χ2n) is 3.05. The molecule has 0 unspecified atom stereocenters. The van der Waals surface area contributed by atoms with Crippen LogP contribution in [0.3, 0.4) is 0 Å². The van der Waals surface area contributed by atoms with Crippen molar-refractivity contribution in [3.05, 3.63) is 40.4 Å². The van der Waals surface area contributed by atoms with Gasteiger partial charge in [-0.15, -0.1) is 0 Å². The van der Waals surface area contributed by atoms with Gasteiger partial charge in [-0.05, 0) is 23.8 Å². The molecule has 1 aromatic rings. The molecule has 1 aromatic carbocycles. The fourth-order valence-electron chi connectivity index (χ4n) is 1.16. The fourth-order valence-corrected chi connectivity index (χ4v) is 1.28. The van der Waals surface area contributed by atoms with Crippen molar-refractivity contribution in [2.24, 2.45) is 0 Å². The van der Waals surface area contributed by atoms with Crippen LogP contribution in [0.15, 0.2) is 29.8 Å². The van der Waals surface area contributed by atoms with Crippen molar-refractivity contribution in [2.75, 3.05) is 7.11 Å². The molecule has 1 rings (SSSR count). The van der Waals surface area contributed by atoms with Crippen molar-refractivity contribution in [2.45, 2.75) is 6.42 Å². The number of ether oxygens (including phenoxy) is 1. The van der Waals surface area contributed by atoms with Crippen molar-refractivity contribution in [1.82, 2.24) is 0 Å². The Balaban J connectivity index is 2.98. The lowest BCUT2D eigenvalue weighted by Gasteiger charge is -2.01. The molecule has 0 heterocycles. The van der Waals surface area contributed by atoms with E-state index < -0.39 is 5.97 Å². The third kappa shape index (κ3) is 3.41. The average Bonchev–Trinajstić information content (AvgIpc) is 2.30. The monoisotopic (exact) mass is 235 g/mol. The Morgan fingerprint density at radius 2 is 2.12 bits per heavy atom. The van der Waals surface area contributed by atoms with E-state index in [4.69, 9.17) is 16.9 Å². The third-order valence-corrected chi connectivity index (χ3v) is 2.18. The smallest absolute Gasteiger partial charge is 0.334 e. The number of hydrogen-bond donors (Lipinski definition) is 0. The number of benzene rings is 1. The van der Waals surface area contributed by atoms with Crippen LogP contribution in [0.4, 0.5) is 0 Å². The minimum atomic E-state index is -0.489. The predicted molar refractivity (Wildman–Crippen MR) is 61.7 cm³/mol. The third-order valence-electron chi connectivity index (χ3n) is 1.93. The number of esters is 1. The van der Waals surface area contributed by atoms with Gasteiger partial charge in [0.05, 0.1) is 25.2 Å². The second-order valence-corrected chi connectivity index (χ2v) is 3.48. The van der Waals surface area contributed by atoms with Gasteiger partial charge >= 0.3 is 5.97 Å². The Bertz CT molecular complexity index is 443. The summed E-state index contributed by atoms with van der Waals surface area (Å²) in [6.45, 7) is 0. The number of rotatable bonds is 3. The van der Waals surface area contributed by atoms with Gasteiger partial charge in [-0.3, -0.25) is 0 Å². The summed E-state index contributed by atoms with van der Waals surface area (Å²) in [7, 11) is 1.29. The molecule has 0 N–H and O–H groups in total. The molecule has 0 radical (unpaired) electrons. The largest absolute Gasteiger partial charge is 0.466 e. The maximum absolute atomic E-state index is 11.3. The highest BCUT2D eigenvalue weighted by Crippen LogP contribution is 2.14. The molecule has 0 amide bonds. The lowest BCUT2D eigenvalue weighted by atomic mass is 10.1. The average molecular weight is 236 g/mol. The molecule has 0 saturated carbocycles. The molecule has 0 fully saturated rings. The number of halogens is 1. The maximum Gasteiger partial charge on any atom is 0.334 e. The SMILES string of the molecule is COC(=O)C(=Cc1ccc(Cl)cc1)CC#N. The first-order chi connectivity index (χ1) is 7.67. The van der Waals surface area contributed by atoms with Gasteiger partial charge in [0.1, 0.15) is 0 Å². The first kappa shape index (κ1) is 12.3. The predicted octanol–water partition coefficient (Wildman–Crippen LogP) is 2.81. The van der Waals surface area contributed by atoms with Gasteiger partial charge in [-0.25, -0.2) is 4.79 Å². The number of nitriles is 1. The van der Waals surface area contributed by atoms with Crippen LogP contribution in [0.2, 0.25) is 5.02 Å². The van der Waals surface area contributed by atoms with Crippen LogP contribution >= 0.6 is 11.6 Å². The highest BCUT2D eigenvalue weighted by Gasteiger charge is 2.08. The summed E-state index contributed by atoms with van der Waals surface area (Å²) in [5.41, 5.74) is 1.13. The van der Waals surface area contributed by atoms with Crippen molar-refractivity contribution in [3.63, 3.8) is 0 Å². The zero-order chi connectivity index (χ0) is 12.0. The molecule has 0 aromatic heterocycles. The zero-order valence-corrected chi connectivity index (χ0v) is 9.49. The zero-order valence-electron chi connectivity index (χ0n) is 8.74. The highest BCUT2D eigenvalue weighted by atomic mass is 35.5. The van der Waals surface area contributed by atoms with E-state index in [-0.39, 0.29) is 6.42 Å². The van der Waals surface area contributed by atoms with E-state index in [1.165, 1.54) is 7.11 Å². The number of carbonyl (C=O) groups is 1. The molecule has 3 nitrogen and oxygen atoms in total. The van der Waals surface area contributed by atoms with Crippen molar-refractivity contribution < 1.29 is 9.53 Å². The van der Waals surface area contributed by atoms with Crippen molar-refractivity contribution in [3.8, 4) is 6.07 Å². The number of methoxy groups -OCH3 is 1. The molecule has 0 aliphatic heterocycles. The van der Waals surface area contributed by atoms with Gasteiger partial charge < -0.3 is 4.74 Å². The number of hydrogen-bond acceptors (Lipinski definition) is 3. The van der Waals surface area contributed by atoms with E-state index in [1.807, 2.05) is 6.07 Å². The lowest BCUT2D eigenvalue weighted by molar-refractivity contribution is -0.136. The van der Waals surface area contributed by atoms with E-state index >= 15 is 0 Å². The molecule has 0 aliphatic carbocycles. The van der Waals surface area contributed by atoms with Crippen molar-refractivity contribution in [1.29, 1.82) is 5.26 Å². The molecule has 0 atom stereocenters. The first-order valence-corrected chi connectivity index (χ1v) is 4.96. The van der Waals surface area contributed by atoms with Gasteiger partial charge in [-0.1, -0.05) is 23.7 Å². The molecule has 4 heteroatoms. The van der Waals surface area contributed by atoms with Gasteiger partial charge in [0.25, 0.3) is 0 Å². The van der Waals surface area contributed by atoms with E-state index in [2.05, 4.69) is 4.74 Å². The molecular weight excluding hydrogens is 226 g/mol. The Morgan fingerprint density at radius 1 is 1.50 bits per heavy atom. The van der Waals surface area contributed by atoms with Crippen molar-refractivity contribution >= 4 is 23.6 Å². The molecule has 16 heavy (non-hydrogen) atoms. The summed E-state index contributed by atoms with van der Waals surface area (Å²) >= 11 is 5.73. The Kier molecular flexibility index (Phi) is 4.56. The first-order valence-electron chi connectivity index (χ1n) is 4.58. The normalized spacial score (nSPS) is 10.7. The molecule has 0 spiro atoms. The minimum Gasteiger partial charge on any atom is -0.466 e. The Morgan fingerprint density at radius 3 is 2.62 bits per heavy atom. The summed E-state index contributed by atoms with van der Waals surface area (Å²) in [4.78, 5) is 11.3. The van der Waals surface area contributed by atoms with Gasteiger partial charge in [0.2, 0.25) is 0 Å². The number of carbonyl (C=O) groups excluding carboxylic acids is 1. The molecular formula is C12H10ClNO2. The Labute approximate surface area is 98.9 Å².